The summed E-state index contributed by atoms with van der Waals surface area (Å²) in [6.45, 7) is 9.60. The van der Waals surface area contributed by atoms with Crippen molar-refractivity contribution in [3.8, 4) is 5.75 Å². The van der Waals surface area contributed by atoms with Gasteiger partial charge in [0.15, 0.2) is 0 Å². The Balaban J connectivity index is 2.04. The number of rotatable bonds is 4. The number of aromatic nitrogens is 1. The zero-order valence-electron chi connectivity index (χ0n) is 17.1. The van der Waals surface area contributed by atoms with Crippen molar-refractivity contribution < 1.29 is 19.1 Å². The summed E-state index contributed by atoms with van der Waals surface area (Å²) in [7, 11) is 1.58. The molecule has 0 spiro atoms. The zero-order chi connectivity index (χ0) is 20.6. The molecule has 1 aliphatic rings. The SMILES string of the molecule is COc1cc(C2NC(=O)NC(C)=C2C(=O)OC(C)C(C)(C)C)cc2cc[nH]c12. The molecule has 2 aromatic rings. The molecule has 0 aliphatic carbocycles. The number of amides is 2. The third-order valence-electron chi connectivity index (χ3n) is 5.19. The lowest BCUT2D eigenvalue weighted by Gasteiger charge is -2.32. The van der Waals surface area contributed by atoms with E-state index in [1.54, 1.807) is 14.0 Å². The van der Waals surface area contributed by atoms with E-state index < -0.39 is 12.0 Å². The van der Waals surface area contributed by atoms with Gasteiger partial charge < -0.3 is 25.1 Å². The van der Waals surface area contributed by atoms with Crippen molar-refractivity contribution in [3.05, 3.63) is 41.2 Å². The average Bonchev–Trinajstić information content (AvgIpc) is 3.07. The second-order valence-electron chi connectivity index (χ2n) is 8.15. The topological polar surface area (TPSA) is 92.5 Å². The molecule has 2 amide bonds. The van der Waals surface area contributed by atoms with Crippen LogP contribution in [0.4, 0.5) is 4.79 Å². The summed E-state index contributed by atoms with van der Waals surface area (Å²) in [6.07, 6.45) is 1.53. The molecule has 0 bridgehead atoms. The molecular formula is C21H27N3O4. The van der Waals surface area contributed by atoms with Gasteiger partial charge in [0.2, 0.25) is 0 Å². The quantitative estimate of drug-likeness (QED) is 0.698. The van der Waals surface area contributed by atoms with Crippen LogP contribution >= 0.6 is 0 Å². The van der Waals surface area contributed by atoms with E-state index in [2.05, 4.69) is 15.6 Å². The molecule has 7 nitrogen and oxygen atoms in total. The predicted molar refractivity (Wildman–Crippen MR) is 107 cm³/mol. The third-order valence-corrected chi connectivity index (χ3v) is 5.19. The van der Waals surface area contributed by atoms with Crippen molar-refractivity contribution in [2.75, 3.05) is 7.11 Å². The van der Waals surface area contributed by atoms with Gasteiger partial charge in [-0.1, -0.05) is 20.8 Å². The molecule has 0 saturated carbocycles. The number of methoxy groups -OCH3 is 1. The van der Waals surface area contributed by atoms with E-state index in [0.717, 1.165) is 16.5 Å². The number of allylic oxidation sites excluding steroid dienone is 1. The number of ether oxygens (including phenoxy) is 2. The van der Waals surface area contributed by atoms with E-state index in [4.69, 9.17) is 9.47 Å². The Bertz CT molecular complexity index is 952. The van der Waals surface area contributed by atoms with Crippen molar-refractivity contribution in [2.24, 2.45) is 5.41 Å². The first-order chi connectivity index (χ1) is 13.1. The number of hydrogen-bond donors (Lipinski definition) is 3. The molecule has 1 aromatic heterocycles. The highest BCUT2D eigenvalue weighted by Crippen LogP contribution is 2.35. The van der Waals surface area contributed by atoms with Gasteiger partial charge >= 0.3 is 12.0 Å². The standard InChI is InChI=1S/C21H27N3O4/c1-11-16(19(25)28-12(2)21(3,4)5)18(24-20(26)23-11)14-9-13-7-8-22-17(13)15(10-14)27-6/h7-10,12,18,22H,1-6H3,(H2,23,24,26). The van der Waals surface area contributed by atoms with Crippen molar-refractivity contribution in [3.63, 3.8) is 0 Å². The van der Waals surface area contributed by atoms with Gasteiger partial charge in [0, 0.05) is 17.3 Å². The number of aromatic amines is 1. The fraction of sp³-hybridized carbons (Fsp3) is 0.429. The van der Waals surface area contributed by atoms with Crippen LogP contribution in [-0.2, 0) is 9.53 Å². The highest BCUT2D eigenvalue weighted by Gasteiger charge is 2.35. The van der Waals surface area contributed by atoms with Crippen LogP contribution in [0, 0.1) is 5.41 Å². The summed E-state index contributed by atoms with van der Waals surface area (Å²) in [5, 5.41) is 6.44. The van der Waals surface area contributed by atoms with E-state index in [1.807, 2.05) is 52.1 Å². The molecule has 2 unspecified atom stereocenters. The lowest BCUT2D eigenvalue weighted by atomic mass is 9.90. The van der Waals surface area contributed by atoms with Crippen LogP contribution in [0.5, 0.6) is 5.75 Å². The van der Waals surface area contributed by atoms with Gasteiger partial charge in [-0.25, -0.2) is 9.59 Å². The van der Waals surface area contributed by atoms with Crippen LogP contribution in [0.1, 0.15) is 46.2 Å². The Labute approximate surface area is 164 Å². The van der Waals surface area contributed by atoms with Crippen LogP contribution in [0.3, 0.4) is 0 Å². The maximum absolute atomic E-state index is 13.0. The van der Waals surface area contributed by atoms with Crippen LogP contribution in [0.15, 0.2) is 35.7 Å². The highest BCUT2D eigenvalue weighted by atomic mass is 16.5. The molecule has 3 rings (SSSR count). The Hall–Kier alpha value is -2.96. The van der Waals surface area contributed by atoms with Gasteiger partial charge in [0.1, 0.15) is 11.9 Å². The Kier molecular flexibility index (Phi) is 5.10. The van der Waals surface area contributed by atoms with Gasteiger partial charge in [-0.05, 0) is 43.0 Å². The van der Waals surface area contributed by atoms with E-state index in [1.165, 1.54) is 0 Å². The minimum atomic E-state index is -0.637. The summed E-state index contributed by atoms with van der Waals surface area (Å²) in [4.78, 5) is 28.3. The number of fused-ring (bicyclic) bond motifs is 1. The lowest BCUT2D eigenvalue weighted by Crippen LogP contribution is -2.46. The lowest BCUT2D eigenvalue weighted by molar-refractivity contribution is -0.149. The normalized spacial score (nSPS) is 18.5. The third kappa shape index (κ3) is 3.69. The average molecular weight is 385 g/mol. The molecule has 150 valence electrons. The monoisotopic (exact) mass is 385 g/mol. The number of esters is 1. The second kappa shape index (κ2) is 7.22. The number of carbonyl (C=O) groups is 2. The van der Waals surface area contributed by atoms with Crippen molar-refractivity contribution >= 4 is 22.9 Å². The summed E-state index contributed by atoms with van der Waals surface area (Å²) < 4.78 is 11.2. The number of hydrogen-bond acceptors (Lipinski definition) is 4. The summed E-state index contributed by atoms with van der Waals surface area (Å²) in [6, 6.07) is 4.67. The van der Waals surface area contributed by atoms with E-state index in [9.17, 15) is 9.59 Å². The molecule has 1 aromatic carbocycles. The molecule has 3 N–H and O–H groups in total. The van der Waals surface area contributed by atoms with Crippen LogP contribution < -0.4 is 15.4 Å². The number of benzene rings is 1. The fourth-order valence-corrected chi connectivity index (χ4v) is 3.10. The van der Waals surface area contributed by atoms with Gasteiger partial charge in [-0.2, -0.15) is 0 Å². The number of H-pyrrole nitrogens is 1. The molecule has 2 heterocycles. The molecule has 7 heteroatoms. The van der Waals surface area contributed by atoms with Gasteiger partial charge in [-0.15, -0.1) is 0 Å². The first kappa shape index (κ1) is 19.8. The van der Waals surface area contributed by atoms with Gasteiger partial charge in [-0.3, -0.25) is 0 Å². The molecule has 1 aliphatic heterocycles. The fourth-order valence-electron chi connectivity index (χ4n) is 3.10. The highest BCUT2D eigenvalue weighted by molar-refractivity contribution is 5.96. The molecule has 0 radical (unpaired) electrons. The van der Waals surface area contributed by atoms with E-state index in [0.29, 0.717) is 17.0 Å². The molecule has 28 heavy (non-hydrogen) atoms. The number of nitrogens with one attached hydrogen (secondary N) is 3. The van der Waals surface area contributed by atoms with Crippen LogP contribution in [-0.4, -0.2) is 30.2 Å². The predicted octanol–water partition coefficient (Wildman–Crippen LogP) is 3.78. The number of carbonyl (C=O) groups excluding carboxylic acids is 2. The van der Waals surface area contributed by atoms with Gasteiger partial charge in [0.05, 0.1) is 24.2 Å². The molecule has 2 atom stereocenters. The van der Waals surface area contributed by atoms with E-state index in [-0.39, 0.29) is 17.6 Å². The van der Waals surface area contributed by atoms with Crippen molar-refractivity contribution in [2.45, 2.75) is 46.8 Å². The number of urea groups is 1. The Morgan fingerprint density at radius 2 is 1.96 bits per heavy atom. The summed E-state index contributed by atoms with van der Waals surface area (Å²) in [5.41, 5.74) is 2.27. The minimum absolute atomic E-state index is 0.196. The second-order valence-corrected chi connectivity index (χ2v) is 8.15. The maximum Gasteiger partial charge on any atom is 0.338 e. The molecule has 0 fully saturated rings. The van der Waals surface area contributed by atoms with Crippen molar-refractivity contribution in [1.82, 2.24) is 15.6 Å². The minimum Gasteiger partial charge on any atom is -0.495 e. The smallest absolute Gasteiger partial charge is 0.338 e. The Morgan fingerprint density at radius 3 is 2.61 bits per heavy atom. The van der Waals surface area contributed by atoms with Crippen LogP contribution in [0.25, 0.3) is 10.9 Å². The van der Waals surface area contributed by atoms with Crippen LogP contribution in [0.2, 0.25) is 0 Å². The summed E-state index contributed by atoms with van der Waals surface area (Å²) in [5.74, 6) is 0.185. The first-order valence-corrected chi connectivity index (χ1v) is 9.26. The largest absolute Gasteiger partial charge is 0.495 e. The maximum atomic E-state index is 13.0. The molecule has 0 saturated heterocycles. The molecular weight excluding hydrogens is 358 g/mol. The first-order valence-electron chi connectivity index (χ1n) is 9.26. The van der Waals surface area contributed by atoms with Gasteiger partial charge in [0.25, 0.3) is 0 Å². The Morgan fingerprint density at radius 1 is 1.25 bits per heavy atom. The summed E-state index contributed by atoms with van der Waals surface area (Å²) >= 11 is 0. The van der Waals surface area contributed by atoms with E-state index >= 15 is 0 Å². The van der Waals surface area contributed by atoms with Crippen molar-refractivity contribution in [1.29, 1.82) is 0 Å². The zero-order valence-corrected chi connectivity index (χ0v) is 17.1.